The van der Waals surface area contributed by atoms with E-state index in [-0.39, 0.29) is 19.0 Å². The van der Waals surface area contributed by atoms with Crippen molar-refractivity contribution in [3.63, 3.8) is 0 Å². The number of Topliss-reactive ketones (excluding diaryl/α,β-unsaturated/α-hetero) is 1. The highest BCUT2D eigenvalue weighted by molar-refractivity contribution is 9.10. The quantitative estimate of drug-likeness (QED) is 0.364. The molecule has 0 amide bonds. The van der Waals surface area contributed by atoms with Crippen LogP contribution in [-0.4, -0.2) is 38.0 Å². The van der Waals surface area contributed by atoms with Gasteiger partial charge in [0, 0.05) is 33.3 Å². The molecule has 2 aliphatic rings. The van der Waals surface area contributed by atoms with Crippen LogP contribution < -0.4 is 10.1 Å². The molecule has 7 nitrogen and oxygen atoms in total. The number of hydrogen-bond donors (Lipinski definition) is 1. The molecule has 0 fully saturated rings. The SMILES string of the molecule is CCOC(=O)C1=C(C)NC2=C(C(=O)[C@@H](C(=O)OCC)[C@H](c3ccc(OC)cc3)C2)[C@@H]1c1ccc(Br)cc1. The first-order valence-corrected chi connectivity index (χ1v) is 13.1. The van der Waals surface area contributed by atoms with E-state index in [1.807, 2.05) is 55.5 Å². The van der Waals surface area contributed by atoms with Gasteiger partial charge >= 0.3 is 11.9 Å². The van der Waals surface area contributed by atoms with Gasteiger partial charge in [0.1, 0.15) is 11.7 Å². The van der Waals surface area contributed by atoms with Crippen molar-refractivity contribution in [1.29, 1.82) is 0 Å². The summed E-state index contributed by atoms with van der Waals surface area (Å²) in [5.41, 5.74) is 3.68. The van der Waals surface area contributed by atoms with Crippen LogP contribution in [0.25, 0.3) is 0 Å². The van der Waals surface area contributed by atoms with Gasteiger partial charge in [0.05, 0.1) is 25.9 Å². The van der Waals surface area contributed by atoms with E-state index in [2.05, 4.69) is 21.2 Å². The summed E-state index contributed by atoms with van der Waals surface area (Å²) in [4.78, 5) is 40.6. The lowest BCUT2D eigenvalue weighted by molar-refractivity contribution is -0.152. The van der Waals surface area contributed by atoms with Gasteiger partial charge in [-0.15, -0.1) is 0 Å². The number of esters is 2. The molecule has 0 bridgehead atoms. The number of benzene rings is 2. The Hall–Kier alpha value is -3.39. The summed E-state index contributed by atoms with van der Waals surface area (Å²) >= 11 is 3.46. The highest BCUT2D eigenvalue weighted by Crippen LogP contribution is 2.48. The van der Waals surface area contributed by atoms with Gasteiger partial charge in [-0.3, -0.25) is 9.59 Å². The number of carbonyl (C=O) groups excluding carboxylic acids is 3. The summed E-state index contributed by atoms with van der Waals surface area (Å²) in [6.07, 6.45) is 0.400. The lowest BCUT2D eigenvalue weighted by Gasteiger charge is -2.39. The largest absolute Gasteiger partial charge is 0.497 e. The van der Waals surface area contributed by atoms with Crippen LogP contribution in [0.2, 0.25) is 0 Å². The van der Waals surface area contributed by atoms with Crippen molar-refractivity contribution < 1.29 is 28.6 Å². The zero-order valence-electron chi connectivity index (χ0n) is 21.3. The van der Waals surface area contributed by atoms with E-state index in [0.29, 0.717) is 34.7 Å². The summed E-state index contributed by atoms with van der Waals surface area (Å²) in [6, 6.07) is 14.9. The lowest BCUT2D eigenvalue weighted by Crippen LogP contribution is -2.43. The maximum absolute atomic E-state index is 14.3. The van der Waals surface area contributed by atoms with Gasteiger partial charge in [-0.2, -0.15) is 0 Å². The van der Waals surface area contributed by atoms with Crippen LogP contribution in [-0.2, 0) is 23.9 Å². The van der Waals surface area contributed by atoms with Crippen molar-refractivity contribution in [2.75, 3.05) is 20.3 Å². The average Bonchev–Trinajstić information content (AvgIpc) is 2.88. The number of ether oxygens (including phenoxy) is 3. The normalized spacial score (nSPS) is 21.2. The Bertz CT molecular complexity index is 1260. The minimum Gasteiger partial charge on any atom is -0.497 e. The Morgan fingerprint density at radius 2 is 1.59 bits per heavy atom. The molecular weight excluding hydrogens is 538 g/mol. The predicted molar refractivity (Wildman–Crippen MR) is 142 cm³/mol. The van der Waals surface area contributed by atoms with E-state index in [1.165, 1.54) is 0 Å². The second-order valence-corrected chi connectivity index (χ2v) is 9.85. The lowest BCUT2D eigenvalue weighted by atomic mass is 9.67. The molecule has 2 aromatic rings. The van der Waals surface area contributed by atoms with Crippen molar-refractivity contribution >= 4 is 33.7 Å². The highest BCUT2D eigenvalue weighted by Gasteiger charge is 2.49. The Morgan fingerprint density at radius 3 is 2.19 bits per heavy atom. The Kier molecular flexibility index (Phi) is 8.17. The summed E-state index contributed by atoms with van der Waals surface area (Å²) in [7, 11) is 1.59. The number of hydrogen-bond acceptors (Lipinski definition) is 7. The van der Waals surface area contributed by atoms with Gasteiger partial charge in [0.15, 0.2) is 5.78 Å². The van der Waals surface area contributed by atoms with E-state index in [4.69, 9.17) is 14.2 Å². The van der Waals surface area contributed by atoms with Gasteiger partial charge in [-0.25, -0.2) is 4.79 Å². The zero-order chi connectivity index (χ0) is 26.7. The molecular formula is C29H30BrNO6. The van der Waals surface area contributed by atoms with Crippen LogP contribution in [0, 0.1) is 5.92 Å². The standard InChI is InChI=1S/C29H30BrNO6/c1-5-36-28(33)23-16(3)31-22-15-21(17-9-13-20(35-4)14-10-17)25(29(34)37-6-2)27(32)26(22)24(23)18-7-11-19(30)12-8-18/h7-14,21,24-25,31H,5-6,15H2,1-4H3/t21-,24+,25-/m0/s1. The van der Waals surface area contributed by atoms with E-state index in [1.54, 1.807) is 21.0 Å². The van der Waals surface area contributed by atoms with Crippen LogP contribution in [0.3, 0.4) is 0 Å². The number of dihydropyridines is 1. The molecule has 1 N–H and O–H groups in total. The number of ketones is 1. The monoisotopic (exact) mass is 567 g/mol. The van der Waals surface area contributed by atoms with Gasteiger partial charge in [0.2, 0.25) is 0 Å². The third kappa shape index (κ3) is 5.21. The number of carbonyl (C=O) groups is 3. The van der Waals surface area contributed by atoms with E-state index in [0.717, 1.165) is 15.6 Å². The molecule has 194 valence electrons. The minimum atomic E-state index is -1.05. The van der Waals surface area contributed by atoms with E-state index < -0.39 is 29.7 Å². The van der Waals surface area contributed by atoms with Crippen molar-refractivity contribution in [2.24, 2.45) is 5.92 Å². The van der Waals surface area contributed by atoms with Gasteiger partial charge in [-0.1, -0.05) is 40.2 Å². The van der Waals surface area contributed by atoms with Crippen LogP contribution in [0.4, 0.5) is 0 Å². The summed E-state index contributed by atoms with van der Waals surface area (Å²) in [5.74, 6) is -2.90. The number of rotatable bonds is 7. The fraction of sp³-hybridized carbons (Fsp3) is 0.345. The molecule has 3 atom stereocenters. The first kappa shape index (κ1) is 26.7. The molecule has 0 radical (unpaired) electrons. The first-order valence-electron chi connectivity index (χ1n) is 12.3. The van der Waals surface area contributed by atoms with Crippen molar-refractivity contribution in [3.8, 4) is 5.75 Å². The summed E-state index contributed by atoms with van der Waals surface area (Å²) in [5, 5.41) is 3.31. The van der Waals surface area contributed by atoms with Crippen LogP contribution in [0.5, 0.6) is 5.75 Å². The van der Waals surface area contributed by atoms with Gasteiger partial charge in [-0.05, 0) is 62.6 Å². The van der Waals surface area contributed by atoms with Crippen molar-refractivity contribution in [1.82, 2.24) is 5.32 Å². The Morgan fingerprint density at radius 1 is 0.973 bits per heavy atom. The van der Waals surface area contributed by atoms with Crippen LogP contribution >= 0.6 is 15.9 Å². The van der Waals surface area contributed by atoms with Crippen LogP contribution in [0.1, 0.15) is 50.2 Å². The third-order valence-electron chi connectivity index (χ3n) is 6.80. The molecule has 8 heteroatoms. The molecule has 37 heavy (non-hydrogen) atoms. The molecule has 2 aromatic carbocycles. The molecule has 1 aliphatic heterocycles. The molecule has 0 aromatic heterocycles. The first-order chi connectivity index (χ1) is 17.8. The van der Waals surface area contributed by atoms with Crippen LogP contribution in [0.15, 0.2) is 75.5 Å². The van der Waals surface area contributed by atoms with E-state index >= 15 is 0 Å². The Balaban J connectivity index is 1.87. The zero-order valence-corrected chi connectivity index (χ0v) is 22.9. The van der Waals surface area contributed by atoms with Gasteiger partial charge in [0.25, 0.3) is 0 Å². The highest BCUT2D eigenvalue weighted by atomic mass is 79.9. The summed E-state index contributed by atoms with van der Waals surface area (Å²) < 4.78 is 16.9. The maximum Gasteiger partial charge on any atom is 0.336 e. The number of allylic oxidation sites excluding steroid dienone is 3. The van der Waals surface area contributed by atoms with Gasteiger partial charge < -0.3 is 19.5 Å². The van der Waals surface area contributed by atoms with Crippen molar-refractivity contribution in [2.45, 2.75) is 39.0 Å². The second-order valence-electron chi connectivity index (χ2n) is 8.94. The number of methoxy groups -OCH3 is 1. The molecule has 0 saturated heterocycles. The van der Waals surface area contributed by atoms with E-state index in [9.17, 15) is 14.4 Å². The average molecular weight is 568 g/mol. The number of nitrogens with one attached hydrogen (secondary N) is 1. The topological polar surface area (TPSA) is 90.9 Å². The minimum absolute atomic E-state index is 0.158. The maximum atomic E-state index is 14.3. The molecule has 1 aliphatic carbocycles. The molecule has 1 heterocycles. The predicted octanol–water partition coefficient (Wildman–Crippen LogP) is 5.17. The molecule has 0 saturated carbocycles. The second kappa shape index (κ2) is 11.3. The molecule has 4 rings (SSSR count). The molecule has 0 spiro atoms. The fourth-order valence-corrected chi connectivity index (χ4v) is 5.43. The third-order valence-corrected chi connectivity index (χ3v) is 7.33. The fourth-order valence-electron chi connectivity index (χ4n) is 5.17. The number of halogens is 1. The van der Waals surface area contributed by atoms with Crippen molar-refractivity contribution in [3.05, 3.63) is 86.7 Å². The smallest absolute Gasteiger partial charge is 0.336 e. The molecule has 0 unspecified atom stereocenters. The Labute approximate surface area is 225 Å². The summed E-state index contributed by atoms with van der Waals surface area (Å²) in [6.45, 7) is 5.63.